The van der Waals surface area contributed by atoms with Crippen molar-refractivity contribution in [3.8, 4) is 0 Å². The first-order valence-electron chi connectivity index (χ1n) is 6.79. The topological polar surface area (TPSA) is 96.9 Å². The minimum atomic E-state index is -0.142. The largest absolute Gasteiger partial charge is 0.409 e. The van der Waals surface area contributed by atoms with Gasteiger partial charge < -0.3 is 21.0 Å². The van der Waals surface area contributed by atoms with Crippen LogP contribution in [0.1, 0.15) is 31.2 Å². The quantitative estimate of drug-likeness (QED) is 0.334. The monoisotopic (exact) mass is 355 g/mol. The normalized spacial score (nSPS) is 19.3. The number of nitrogens with one attached hydrogen (secondary N) is 1. The third-order valence-electron chi connectivity index (χ3n) is 3.33. The molecule has 7 heteroatoms. The van der Waals surface area contributed by atoms with E-state index in [1.54, 1.807) is 18.2 Å². The standard InChI is InChI=1S/C14H18BrN3O3/c15-9-4-5-12(11(7-9)14(16)18-20)17-13(19)8-10-3-1-2-6-21-10/h4-5,7,10,20H,1-3,6,8H2,(H2,16,18)(H,17,19). The van der Waals surface area contributed by atoms with Crippen LogP contribution in [0.2, 0.25) is 0 Å². The summed E-state index contributed by atoms with van der Waals surface area (Å²) in [6.45, 7) is 0.714. The summed E-state index contributed by atoms with van der Waals surface area (Å²) >= 11 is 3.31. The lowest BCUT2D eigenvalue weighted by molar-refractivity contribution is -0.119. The maximum Gasteiger partial charge on any atom is 0.227 e. The van der Waals surface area contributed by atoms with Gasteiger partial charge in [-0.05, 0) is 37.5 Å². The molecule has 1 aliphatic rings. The van der Waals surface area contributed by atoms with Gasteiger partial charge in [-0.1, -0.05) is 21.1 Å². The molecule has 1 heterocycles. The molecule has 114 valence electrons. The number of carbonyl (C=O) groups is 1. The molecular formula is C14H18BrN3O3. The second kappa shape index (κ2) is 7.42. The van der Waals surface area contributed by atoms with E-state index in [0.29, 0.717) is 24.3 Å². The van der Waals surface area contributed by atoms with Crippen molar-refractivity contribution in [1.82, 2.24) is 0 Å². The number of anilines is 1. The number of carbonyl (C=O) groups excluding carboxylic acids is 1. The fourth-order valence-electron chi connectivity index (χ4n) is 2.27. The smallest absolute Gasteiger partial charge is 0.227 e. The molecule has 1 aromatic carbocycles. The van der Waals surface area contributed by atoms with Gasteiger partial charge in [0.2, 0.25) is 5.91 Å². The predicted octanol–water partition coefficient (Wildman–Crippen LogP) is 2.44. The summed E-state index contributed by atoms with van der Waals surface area (Å²) in [5.74, 6) is -0.197. The maximum atomic E-state index is 12.1. The summed E-state index contributed by atoms with van der Waals surface area (Å²) in [7, 11) is 0. The second-order valence-corrected chi connectivity index (χ2v) is 5.83. The van der Waals surface area contributed by atoms with Crippen molar-refractivity contribution in [2.45, 2.75) is 31.8 Å². The van der Waals surface area contributed by atoms with Crippen LogP contribution in [0, 0.1) is 0 Å². The number of amidine groups is 1. The van der Waals surface area contributed by atoms with Gasteiger partial charge >= 0.3 is 0 Å². The number of rotatable bonds is 4. The highest BCUT2D eigenvalue weighted by Gasteiger charge is 2.19. The van der Waals surface area contributed by atoms with Crippen molar-refractivity contribution in [2.75, 3.05) is 11.9 Å². The Hall–Kier alpha value is -1.60. The van der Waals surface area contributed by atoms with Crippen molar-refractivity contribution in [1.29, 1.82) is 0 Å². The molecule has 0 radical (unpaired) electrons. The number of oxime groups is 1. The Morgan fingerprint density at radius 1 is 1.52 bits per heavy atom. The molecule has 0 spiro atoms. The van der Waals surface area contributed by atoms with E-state index in [9.17, 15) is 4.79 Å². The van der Waals surface area contributed by atoms with Crippen molar-refractivity contribution in [2.24, 2.45) is 10.9 Å². The molecule has 0 bridgehead atoms. The van der Waals surface area contributed by atoms with E-state index >= 15 is 0 Å². The molecule has 0 aromatic heterocycles. The van der Waals surface area contributed by atoms with Gasteiger partial charge in [-0.3, -0.25) is 4.79 Å². The fourth-order valence-corrected chi connectivity index (χ4v) is 2.63. The third kappa shape index (κ3) is 4.44. The molecule has 1 amide bonds. The zero-order valence-electron chi connectivity index (χ0n) is 11.5. The molecule has 21 heavy (non-hydrogen) atoms. The van der Waals surface area contributed by atoms with Gasteiger partial charge in [0.15, 0.2) is 5.84 Å². The Bertz CT molecular complexity index is 542. The molecule has 1 aromatic rings. The molecule has 6 nitrogen and oxygen atoms in total. The molecule has 1 fully saturated rings. The van der Waals surface area contributed by atoms with Gasteiger partial charge in [-0.15, -0.1) is 0 Å². The third-order valence-corrected chi connectivity index (χ3v) is 3.82. The van der Waals surface area contributed by atoms with Crippen LogP contribution >= 0.6 is 15.9 Å². The second-order valence-electron chi connectivity index (χ2n) is 4.92. The van der Waals surface area contributed by atoms with Gasteiger partial charge in [-0.2, -0.15) is 0 Å². The Labute approximate surface area is 131 Å². The molecule has 2 rings (SSSR count). The molecule has 1 saturated heterocycles. The summed E-state index contributed by atoms with van der Waals surface area (Å²) in [6, 6.07) is 5.17. The van der Waals surface area contributed by atoms with Gasteiger partial charge in [0.1, 0.15) is 0 Å². The fraction of sp³-hybridized carbons (Fsp3) is 0.429. The van der Waals surface area contributed by atoms with Gasteiger partial charge in [0.05, 0.1) is 18.2 Å². The molecule has 0 aliphatic carbocycles. The van der Waals surface area contributed by atoms with Crippen LogP contribution in [0.4, 0.5) is 5.69 Å². The number of nitrogens with zero attached hydrogens (tertiary/aromatic N) is 1. The van der Waals surface area contributed by atoms with Crippen LogP contribution in [0.5, 0.6) is 0 Å². The van der Waals surface area contributed by atoms with E-state index in [-0.39, 0.29) is 17.8 Å². The minimum absolute atomic E-state index is 0.0264. The van der Waals surface area contributed by atoms with Crippen LogP contribution in [0.3, 0.4) is 0 Å². The number of amides is 1. The minimum Gasteiger partial charge on any atom is -0.409 e. The Morgan fingerprint density at radius 3 is 3.00 bits per heavy atom. The number of benzene rings is 1. The van der Waals surface area contributed by atoms with Crippen LogP contribution in [-0.2, 0) is 9.53 Å². The lowest BCUT2D eigenvalue weighted by Crippen LogP contribution is -2.26. The average Bonchev–Trinajstić information content (AvgIpc) is 2.49. The van der Waals surface area contributed by atoms with E-state index in [2.05, 4.69) is 26.4 Å². The van der Waals surface area contributed by atoms with Crippen LogP contribution in [-0.4, -0.2) is 29.7 Å². The summed E-state index contributed by atoms with van der Waals surface area (Å²) in [5.41, 5.74) is 6.60. The van der Waals surface area contributed by atoms with E-state index in [1.165, 1.54) is 0 Å². The van der Waals surface area contributed by atoms with Crippen LogP contribution in [0.15, 0.2) is 27.8 Å². The summed E-state index contributed by atoms with van der Waals surface area (Å²) in [5, 5.41) is 14.6. The number of hydrogen-bond donors (Lipinski definition) is 3. The van der Waals surface area contributed by atoms with Gasteiger partial charge in [0.25, 0.3) is 0 Å². The number of hydrogen-bond acceptors (Lipinski definition) is 4. The zero-order chi connectivity index (χ0) is 15.2. The van der Waals surface area contributed by atoms with E-state index in [4.69, 9.17) is 15.7 Å². The highest BCUT2D eigenvalue weighted by molar-refractivity contribution is 9.10. The van der Waals surface area contributed by atoms with E-state index < -0.39 is 0 Å². The Morgan fingerprint density at radius 2 is 2.33 bits per heavy atom. The number of ether oxygens (including phenoxy) is 1. The summed E-state index contributed by atoms with van der Waals surface area (Å²) < 4.78 is 6.32. The van der Waals surface area contributed by atoms with Gasteiger partial charge in [-0.25, -0.2) is 0 Å². The Balaban J connectivity index is 2.06. The SMILES string of the molecule is N/C(=N/O)c1cc(Br)ccc1NC(=O)CC1CCCCO1. The predicted molar refractivity (Wildman–Crippen MR) is 83.5 cm³/mol. The maximum absolute atomic E-state index is 12.1. The first-order chi connectivity index (χ1) is 10.1. The van der Waals surface area contributed by atoms with Crippen LogP contribution < -0.4 is 11.1 Å². The summed E-state index contributed by atoms with van der Waals surface area (Å²) in [6.07, 6.45) is 3.33. The van der Waals surface area contributed by atoms with Crippen LogP contribution in [0.25, 0.3) is 0 Å². The first kappa shape index (κ1) is 15.8. The lowest BCUT2D eigenvalue weighted by atomic mass is 10.1. The van der Waals surface area contributed by atoms with Crippen molar-refractivity contribution >= 4 is 33.4 Å². The molecule has 0 saturated carbocycles. The molecule has 4 N–H and O–H groups in total. The van der Waals surface area contributed by atoms with Crippen molar-refractivity contribution < 1.29 is 14.7 Å². The highest BCUT2D eigenvalue weighted by atomic mass is 79.9. The Kier molecular flexibility index (Phi) is 5.58. The molecule has 1 atom stereocenters. The first-order valence-corrected chi connectivity index (χ1v) is 7.58. The molecule has 1 unspecified atom stereocenters. The number of nitrogens with two attached hydrogens (primary N) is 1. The number of halogens is 1. The lowest BCUT2D eigenvalue weighted by Gasteiger charge is -2.22. The van der Waals surface area contributed by atoms with Gasteiger partial charge in [0, 0.05) is 16.6 Å². The van der Waals surface area contributed by atoms with Crippen molar-refractivity contribution in [3.05, 3.63) is 28.2 Å². The molecular weight excluding hydrogens is 338 g/mol. The van der Waals surface area contributed by atoms with E-state index in [0.717, 1.165) is 23.7 Å². The van der Waals surface area contributed by atoms with E-state index in [1.807, 2.05) is 0 Å². The summed E-state index contributed by atoms with van der Waals surface area (Å²) in [4.78, 5) is 12.1. The average molecular weight is 356 g/mol. The molecule has 1 aliphatic heterocycles. The highest BCUT2D eigenvalue weighted by Crippen LogP contribution is 2.22. The van der Waals surface area contributed by atoms with Crippen molar-refractivity contribution in [3.63, 3.8) is 0 Å². The zero-order valence-corrected chi connectivity index (χ0v) is 13.1.